The van der Waals surface area contributed by atoms with Crippen molar-refractivity contribution in [3.05, 3.63) is 53.6 Å². The van der Waals surface area contributed by atoms with Crippen molar-refractivity contribution in [3.63, 3.8) is 0 Å². The number of hydrogen-bond acceptors (Lipinski definition) is 3. The molecule has 0 saturated carbocycles. The third-order valence-electron chi connectivity index (χ3n) is 4.53. The fourth-order valence-electron chi connectivity index (χ4n) is 2.97. The number of alkyl halides is 3. The van der Waals surface area contributed by atoms with Gasteiger partial charge in [-0.2, -0.15) is 13.2 Å². The maximum Gasteiger partial charge on any atom is 0.420 e. The summed E-state index contributed by atoms with van der Waals surface area (Å²) < 4.78 is 47.4. The second-order valence-electron chi connectivity index (χ2n) is 6.84. The summed E-state index contributed by atoms with van der Waals surface area (Å²) in [5.41, 5.74) is 4.37. The van der Waals surface area contributed by atoms with Gasteiger partial charge in [0, 0.05) is 18.7 Å². The molecule has 29 heavy (non-hydrogen) atoms. The van der Waals surface area contributed by atoms with E-state index in [0.29, 0.717) is 13.1 Å². The zero-order valence-electron chi connectivity index (χ0n) is 16.8. The van der Waals surface area contributed by atoms with Gasteiger partial charge in [0.05, 0.1) is 5.69 Å². The fourth-order valence-corrected chi connectivity index (χ4v) is 2.97. The summed E-state index contributed by atoms with van der Waals surface area (Å²) in [5, 5.41) is 0. The van der Waals surface area contributed by atoms with Crippen LogP contribution in [0.2, 0.25) is 0 Å². The topological polar surface area (TPSA) is 55.6 Å². The molecule has 0 aliphatic carbocycles. The van der Waals surface area contributed by atoms with Gasteiger partial charge < -0.3 is 15.4 Å². The Kier molecular flexibility index (Phi) is 7.93. The van der Waals surface area contributed by atoms with E-state index in [1.807, 2.05) is 18.7 Å². The van der Waals surface area contributed by atoms with Crippen LogP contribution in [-0.2, 0) is 6.18 Å². The van der Waals surface area contributed by atoms with Gasteiger partial charge in [0.15, 0.2) is 5.75 Å². The van der Waals surface area contributed by atoms with Crippen LogP contribution in [0.1, 0.15) is 55.5 Å². The van der Waals surface area contributed by atoms with Gasteiger partial charge in [-0.05, 0) is 37.1 Å². The van der Waals surface area contributed by atoms with Crippen molar-refractivity contribution >= 4 is 11.6 Å². The highest BCUT2D eigenvalue weighted by atomic mass is 19.4. The van der Waals surface area contributed by atoms with E-state index in [9.17, 15) is 18.0 Å². The van der Waals surface area contributed by atoms with Crippen molar-refractivity contribution in [2.24, 2.45) is 5.73 Å². The first-order valence-corrected chi connectivity index (χ1v) is 9.80. The monoisotopic (exact) mass is 408 g/mol. The predicted molar refractivity (Wildman–Crippen MR) is 109 cm³/mol. The summed E-state index contributed by atoms with van der Waals surface area (Å²) in [5.74, 6) is -0.924. The number of anilines is 1. The quantitative estimate of drug-likeness (QED) is 0.524. The van der Waals surface area contributed by atoms with E-state index in [2.05, 4.69) is 0 Å². The number of halogens is 3. The standard InChI is InChI=1S/C22H27F3N2O2/c1-3-5-12-27(13-6-4-2)19-15-16(21(26)28)14-18(22(23,24)25)20(19)29-17-10-8-7-9-11-17/h7-11,14-15H,3-6,12-13H2,1-2H3,(H2,26,28). The Morgan fingerprint density at radius 3 is 2.10 bits per heavy atom. The van der Waals surface area contributed by atoms with Crippen LogP contribution in [0.25, 0.3) is 0 Å². The minimum Gasteiger partial charge on any atom is -0.455 e. The van der Waals surface area contributed by atoms with Crippen LogP contribution in [0, 0.1) is 0 Å². The highest BCUT2D eigenvalue weighted by molar-refractivity contribution is 5.95. The van der Waals surface area contributed by atoms with E-state index in [0.717, 1.165) is 31.7 Å². The lowest BCUT2D eigenvalue weighted by molar-refractivity contribution is -0.138. The number of amides is 1. The second-order valence-corrected chi connectivity index (χ2v) is 6.84. The van der Waals surface area contributed by atoms with Crippen LogP contribution in [0.4, 0.5) is 18.9 Å². The van der Waals surface area contributed by atoms with Gasteiger partial charge in [-0.25, -0.2) is 0 Å². The van der Waals surface area contributed by atoms with E-state index in [1.165, 1.54) is 6.07 Å². The number of nitrogens with two attached hydrogens (primary N) is 1. The zero-order valence-corrected chi connectivity index (χ0v) is 16.8. The van der Waals surface area contributed by atoms with E-state index < -0.39 is 17.6 Å². The molecule has 0 heterocycles. The normalized spacial score (nSPS) is 11.3. The molecule has 0 spiro atoms. The van der Waals surface area contributed by atoms with Gasteiger partial charge in [-0.3, -0.25) is 4.79 Å². The number of rotatable bonds is 10. The van der Waals surface area contributed by atoms with Crippen LogP contribution in [-0.4, -0.2) is 19.0 Å². The van der Waals surface area contributed by atoms with E-state index in [4.69, 9.17) is 10.5 Å². The molecule has 0 radical (unpaired) electrons. The average Bonchev–Trinajstić information content (AvgIpc) is 2.68. The van der Waals surface area contributed by atoms with Crippen molar-refractivity contribution in [3.8, 4) is 11.5 Å². The van der Waals surface area contributed by atoms with E-state index in [-0.39, 0.29) is 22.7 Å². The molecule has 0 saturated heterocycles. The first kappa shape index (κ1) is 22.6. The first-order chi connectivity index (χ1) is 13.8. The maximum absolute atomic E-state index is 13.9. The highest BCUT2D eigenvalue weighted by Crippen LogP contribution is 2.45. The van der Waals surface area contributed by atoms with Crippen molar-refractivity contribution in [1.82, 2.24) is 0 Å². The number of para-hydroxylation sites is 1. The van der Waals surface area contributed by atoms with Crippen molar-refractivity contribution in [2.75, 3.05) is 18.0 Å². The van der Waals surface area contributed by atoms with E-state index in [1.54, 1.807) is 30.3 Å². The highest BCUT2D eigenvalue weighted by Gasteiger charge is 2.37. The molecule has 2 N–H and O–H groups in total. The molecular formula is C22H27F3N2O2. The lowest BCUT2D eigenvalue weighted by Crippen LogP contribution is -2.27. The van der Waals surface area contributed by atoms with Gasteiger partial charge in [-0.15, -0.1) is 0 Å². The largest absolute Gasteiger partial charge is 0.455 e. The van der Waals surface area contributed by atoms with Gasteiger partial charge in [0.2, 0.25) is 5.91 Å². The smallest absolute Gasteiger partial charge is 0.420 e. The Bertz CT molecular complexity index is 800. The third-order valence-corrected chi connectivity index (χ3v) is 4.53. The van der Waals surface area contributed by atoms with Crippen molar-refractivity contribution < 1.29 is 22.7 Å². The molecule has 2 aromatic rings. The Morgan fingerprint density at radius 1 is 1.03 bits per heavy atom. The number of carbonyl (C=O) groups excluding carboxylic acids is 1. The number of benzene rings is 2. The average molecular weight is 408 g/mol. The van der Waals surface area contributed by atoms with Crippen LogP contribution in [0.3, 0.4) is 0 Å². The number of nitrogens with zero attached hydrogens (tertiary/aromatic N) is 1. The maximum atomic E-state index is 13.9. The first-order valence-electron chi connectivity index (χ1n) is 9.80. The van der Waals surface area contributed by atoms with Gasteiger partial charge in [-0.1, -0.05) is 44.9 Å². The molecule has 0 unspecified atom stereocenters. The molecule has 158 valence electrons. The van der Waals surface area contributed by atoms with Gasteiger partial charge in [0.1, 0.15) is 11.3 Å². The summed E-state index contributed by atoms with van der Waals surface area (Å²) >= 11 is 0. The predicted octanol–water partition coefficient (Wildman–Crippen LogP) is 6.00. The lowest BCUT2D eigenvalue weighted by atomic mass is 10.0. The Hall–Kier alpha value is -2.70. The second kappa shape index (κ2) is 10.2. The van der Waals surface area contributed by atoms with Crippen LogP contribution in [0.15, 0.2) is 42.5 Å². The van der Waals surface area contributed by atoms with Crippen LogP contribution >= 0.6 is 0 Å². The Labute approximate surface area is 169 Å². The number of primary amides is 1. The van der Waals surface area contributed by atoms with Gasteiger partial charge in [0.25, 0.3) is 0 Å². The molecule has 7 heteroatoms. The minimum absolute atomic E-state index is 0.189. The number of unbranched alkanes of at least 4 members (excludes halogenated alkanes) is 2. The van der Waals surface area contributed by atoms with Crippen LogP contribution < -0.4 is 15.4 Å². The van der Waals surface area contributed by atoms with E-state index >= 15 is 0 Å². The Balaban J connectivity index is 2.68. The summed E-state index contributed by atoms with van der Waals surface area (Å²) in [6.07, 6.45) is -1.32. The molecule has 4 nitrogen and oxygen atoms in total. The fraction of sp³-hybridized carbons (Fsp3) is 0.409. The van der Waals surface area contributed by atoms with Crippen molar-refractivity contribution in [1.29, 1.82) is 0 Å². The number of hydrogen-bond donors (Lipinski definition) is 1. The molecule has 0 aliphatic rings. The molecule has 0 bridgehead atoms. The molecule has 2 aromatic carbocycles. The lowest BCUT2D eigenvalue weighted by Gasteiger charge is -2.29. The molecule has 0 fully saturated rings. The third kappa shape index (κ3) is 6.14. The minimum atomic E-state index is -4.70. The van der Waals surface area contributed by atoms with Crippen molar-refractivity contribution in [2.45, 2.75) is 45.7 Å². The summed E-state index contributed by atoms with van der Waals surface area (Å²) in [6.45, 7) is 5.14. The zero-order chi connectivity index (χ0) is 21.4. The van der Waals surface area contributed by atoms with Gasteiger partial charge >= 0.3 is 6.18 Å². The SMILES string of the molecule is CCCCN(CCCC)c1cc(C(N)=O)cc(C(F)(F)F)c1Oc1ccccc1. The Morgan fingerprint density at radius 2 is 1.62 bits per heavy atom. The molecule has 2 rings (SSSR count). The van der Waals surface area contributed by atoms with Crippen LogP contribution in [0.5, 0.6) is 11.5 Å². The molecule has 0 aromatic heterocycles. The molecule has 0 aliphatic heterocycles. The number of ether oxygens (including phenoxy) is 1. The summed E-state index contributed by atoms with van der Waals surface area (Å²) in [6, 6.07) is 10.5. The summed E-state index contributed by atoms with van der Waals surface area (Å²) in [4.78, 5) is 13.6. The molecule has 1 amide bonds. The molecule has 0 atom stereocenters. The summed E-state index contributed by atoms with van der Waals surface area (Å²) in [7, 11) is 0. The number of carbonyl (C=O) groups is 1. The molecular weight excluding hydrogens is 381 g/mol.